The van der Waals surface area contributed by atoms with Crippen LogP contribution >= 0.6 is 11.6 Å². The lowest BCUT2D eigenvalue weighted by molar-refractivity contribution is -0.127. The number of hydrogen-bond acceptors (Lipinski definition) is 4. The summed E-state index contributed by atoms with van der Waals surface area (Å²) >= 11 is 5.94. The van der Waals surface area contributed by atoms with Crippen molar-refractivity contribution in [3.8, 4) is 0 Å². The molecule has 1 N–H and O–H groups in total. The van der Waals surface area contributed by atoms with Gasteiger partial charge in [0.25, 0.3) is 5.91 Å². The van der Waals surface area contributed by atoms with Gasteiger partial charge in [0, 0.05) is 5.02 Å². The van der Waals surface area contributed by atoms with E-state index in [4.69, 9.17) is 16.4 Å². The number of halogens is 1. The van der Waals surface area contributed by atoms with E-state index < -0.39 is 0 Å². The van der Waals surface area contributed by atoms with Gasteiger partial charge < -0.3 is 10.2 Å². The molecule has 6 nitrogen and oxygen atoms in total. The molecule has 1 atom stereocenters. The second-order valence-electron chi connectivity index (χ2n) is 5.07. The Morgan fingerprint density at radius 3 is 2.87 bits per heavy atom. The summed E-state index contributed by atoms with van der Waals surface area (Å²) in [5, 5.41) is 11.2. The number of aromatic nitrogens is 3. The standard InChI is InChI=1S/C16H15ClN4O2/c1-11(12-5-3-2-4-6-12)18-16(22)10-23-21-15-9-13(17)7-8-14(15)19-20-21/h2-9,11H,10H2,1H3,(H,18,22)/t11-/m0/s1. The predicted octanol–water partition coefficient (Wildman–Crippen LogP) is 2.39. The summed E-state index contributed by atoms with van der Waals surface area (Å²) < 4.78 is 0. The molecule has 0 spiro atoms. The Kier molecular flexibility index (Phi) is 4.43. The minimum absolute atomic E-state index is 0.103. The summed E-state index contributed by atoms with van der Waals surface area (Å²) in [6, 6.07) is 14.7. The van der Waals surface area contributed by atoms with E-state index in [1.807, 2.05) is 37.3 Å². The van der Waals surface area contributed by atoms with Crippen molar-refractivity contribution in [2.45, 2.75) is 13.0 Å². The van der Waals surface area contributed by atoms with Gasteiger partial charge in [-0.2, -0.15) is 0 Å². The van der Waals surface area contributed by atoms with Crippen LogP contribution in [0.5, 0.6) is 0 Å². The highest BCUT2D eigenvalue weighted by molar-refractivity contribution is 6.31. The molecule has 0 unspecified atom stereocenters. The van der Waals surface area contributed by atoms with Gasteiger partial charge in [0.05, 0.1) is 6.04 Å². The van der Waals surface area contributed by atoms with Gasteiger partial charge in [-0.15, -0.1) is 5.10 Å². The first-order valence-electron chi connectivity index (χ1n) is 7.12. The Labute approximate surface area is 138 Å². The molecular formula is C16H15ClN4O2. The third-order valence-electron chi connectivity index (χ3n) is 3.37. The smallest absolute Gasteiger partial charge is 0.261 e. The summed E-state index contributed by atoms with van der Waals surface area (Å²) in [7, 11) is 0. The van der Waals surface area contributed by atoms with E-state index >= 15 is 0 Å². The highest BCUT2D eigenvalue weighted by Gasteiger charge is 2.12. The van der Waals surface area contributed by atoms with Gasteiger partial charge in [0.1, 0.15) is 11.0 Å². The van der Waals surface area contributed by atoms with Gasteiger partial charge in [0.2, 0.25) is 0 Å². The predicted molar refractivity (Wildman–Crippen MR) is 87.0 cm³/mol. The minimum atomic E-state index is -0.243. The third-order valence-corrected chi connectivity index (χ3v) is 3.61. The molecule has 3 rings (SSSR count). The quantitative estimate of drug-likeness (QED) is 0.780. The maximum absolute atomic E-state index is 12.0. The van der Waals surface area contributed by atoms with Gasteiger partial charge in [-0.3, -0.25) is 4.79 Å². The molecule has 2 aromatic carbocycles. The van der Waals surface area contributed by atoms with E-state index in [1.54, 1.807) is 18.2 Å². The number of carbonyl (C=O) groups excluding carboxylic acids is 1. The van der Waals surface area contributed by atoms with Gasteiger partial charge in [-0.05, 0) is 35.9 Å². The van der Waals surface area contributed by atoms with Crippen molar-refractivity contribution in [3.05, 3.63) is 59.1 Å². The van der Waals surface area contributed by atoms with Crippen LogP contribution in [-0.2, 0) is 4.79 Å². The maximum Gasteiger partial charge on any atom is 0.261 e. The fourth-order valence-corrected chi connectivity index (χ4v) is 2.36. The van der Waals surface area contributed by atoms with Crippen LogP contribution in [0, 0.1) is 0 Å². The highest BCUT2D eigenvalue weighted by Crippen LogP contribution is 2.16. The second kappa shape index (κ2) is 6.66. The van der Waals surface area contributed by atoms with E-state index in [-0.39, 0.29) is 18.6 Å². The van der Waals surface area contributed by atoms with Crippen LogP contribution in [0.3, 0.4) is 0 Å². The lowest BCUT2D eigenvalue weighted by Crippen LogP contribution is -2.33. The third kappa shape index (κ3) is 3.60. The van der Waals surface area contributed by atoms with Crippen molar-refractivity contribution in [2.24, 2.45) is 0 Å². The van der Waals surface area contributed by atoms with Crippen molar-refractivity contribution in [1.82, 2.24) is 20.5 Å². The average molecular weight is 331 g/mol. The number of rotatable bonds is 5. The molecule has 0 saturated carbocycles. The van der Waals surface area contributed by atoms with E-state index in [1.165, 1.54) is 4.85 Å². The number of fused-ring (bicyclic) bond motifs is 1. The zero-order valence-corrected chi connectivity index (χ0v) is 13.2. The fraction of sp³-hybridized carbons (Fsp3) is 0.188. The number of nitrogens with one attached hydrogen (secondary N) is 1. The van der Waals surface area contributed by atoms with Crippen molar-refractivity contribution >= 4 is 28.5 Å². The lowest BCUT2D eigenvalue weighted by atomic mass is 10.1. The van der Waals surface area contributed by atoms with E-state index in [9.17, 15) is 4.79 Å². The van der Waals surface area contributed by atoms with Crippen LogP contribution in [0.15, 0.2) is 48.5 Å². The van der Waals surface area contributed by atoms with Gasteiger partial charge in [-0.1, -0.05) is 46.8 Å². The number of carbonyl (C=O) groups is 1. The van der Waals surface area contributed by atoms with Crippen LogP contribution in [0.25, 0.3) is 11.0 Å². The van der Waals surface area contributed by atoms with Gasteiger partial charge in [-0.25, -0.2) is 0 Å². The maximum atomic E-state index is 12.0. The van der Waals surface area contributed by atoms with E-state index in [0.717, 1.165) is 5.56 Å². The summed E-state index contributed by atoms with van der Waals surface area (Å²) in [5.41, 5.74) is 2.28. The molecule has 1 heterocycles. The normalized spacial score (nSPS) is 12.1. The Bertz CT molecular complexity index is 819. The summed E-state index contributed by atoms with van der Waals surface area (Å²) in [4.78, 5) is 18.6. The first-order chi connectivity index (χ1) is 11.1. The highest BCUT2D eigenvalue weighted by atomic mass is 35.5. The number of nitrogens with zero attached hydrogens (tertiary/aromatic N) is 3. The summed E-state index contributed by atoms with van der Waals surface area (Å²) in [6.07, 6.45) is 0. The molecule has 0 aliphatic carbocycles. The van der Waals surface area contributed by atoms with E-state index in [0.29, 0.717) is 16.1 Å². The first kappa shape index (κ1) is 15.3. The Hall–Kier alpha value is -2.60. The van der Waals surface area contributed by atoms with Crippen LogP contribution in [0.2, 0.25) is 5.02 Å². The van der Waals surface area contributed by atoms with Crippen LogP contribution in [0.4, 0.5) is 0 Å². The number of amides is 1. The van der Waals surface area contributed by atoms with Crippen molar-refractivity contribution in [3.63, 3.8) is 0 Å². The molecule has 0 fully saturated rings. The van der Waals surface area contributed by atoms with Crippen molar-refractivity contribution < 1.29 is 9.63 Å². The molecule has 0 saturated heterocycles. The van der Waals surface area contributed by atoms with Crippen LogP contribution < -0.4 is 10.2 Å². The zero-order chi connectivity index (χ0) is 16.2. The minimum Gasteiger partial charge on any atom is -0.385 e. The van der Waals surface area contributed by atoms with Gasteiger partial charge in [0.15, 0.2) is 6.61 Å². The Morgan fingerprint density at radius 2 is 2.09 bits per heavy atom. The summed E-state index contributed by atoms with van der Waals surface area (Å²) in [6.45, 7) is 1.75. The van der Waals surface area contributed by atoms with Crippen LogP contribution in [-0.4, -0.2) is 27.7 Å². The molecule has 0 radical (unpaired) electrons. The largest absolute Gasteiger partial charge is 0.385 e. The molecule has 7 heteroatoms. The Balaban J connectivity index is 1.61. The topological polar surface area (TPSA) is 69.0 Å². The molecule has 1 aromatic heterocycles. The van der Waals surface area contributed by atoms with Gasteiger partial charge >= 0.3 is 0 Å². The molecular weight excluding hydrogens is 316 g/mol. The fourth-order valence-electron chi connectivity index (χ4n) is 2.19. The molecule has 23 heavy (non-hydrogen) atoms. The number of hydrogen-bond donors (Lipinski definition) is 1. The van der Waals surface area contributed by atoms with E-state index in [2.05, 4.69) is 15.6 Å². The molecule has 1 amide bonds. The first-order valence-corrected chi connectivity index (χ1v) is 7.50. The van der Waals surface area contributed by atoms with Crippen molar-refractivity contribution in [1.29, 1.82) is 0 Å². The lowest BCUT2D eigenvalue weighted by Gasteiger charge is -2.14. The van der Waals surface area contributed by atoms with Crippen molar-refractivity contribution in [2.75, 3.05) is 6.61 Å². The molecule has 3 aromatic rings. The molecule has 118 valence electrons. The molecule has 0 aliphatic heterocycles. The SMILES string of the molecule is C[C@H](NC(=O)COn1nnc2ccc(Cl)cc21)c1ccccc1. The second-order valence-corrected chi connectivity index (χ2v) is 5.51. The Morgan fingerprint density at radius 1 is 1.30 bits per heavy atom. The number of benzene rings is 2. The van der Waals surface area contributed by atoms with Crippen LogP contribution in [0.1, 0.15) is 18.5 Å². The zero-order valence-electron chi connectivity index (χ0n) is 12.4. The summed E-state index contributed by atoms with van der Waals surface area (Å²) in [5.74, 6) is -0.243. The average Bonchev–Trinajstić information content (AvgIpc) is 2.96. The monoisotopic (exact) mass is 330 g/mol. The molecule has 0 aliphatic rings. The molecule has 0 bridgehead atoms.